The minimum Gasteiger partial charge on any atom is -0.508 e. The van der Waals surface area contributed by atoms with E-state index in [1.165, 1.54) is 29.2 Å². The molecule has 1 aromatic rings. The second-order valence-electron chi connectivity index (χ2n) is 19.5. The van der Waals surface area contributed by atoms with Gasteiger partial charge < -0.3 is 75.3 Å². The molecule has 17 N–H and O–H groups in total. The normalized spacial score (nSPS) is 24.0. The monoisotopic (exact) mass is 1060 g/mol. The first-order chi connectivity index (χ1) is 35.5. The topological polar surface area (TPSA) is 437 Å². The molecule has 75 heavy (non-hydrogen) atoms. The number of aliphatic hydroxyl groups excluding tert-OH is 1. The number of hydrogen-bond acceptors (Lipinski definition) is 14. The Bertz CT molecular complexity index is 2190. The summed E-state index contributed by atoms with van der Waals surface area (Å²) in [6, 6.07) is -7.40. The van der Waals surface area contributed by atoms with E-state index in [0.717, 1.165) is 44.9 Å². The number of aromatic hydroxyl groups is 1. The lowest BCUT2D eigenvalue weighted by Gasteiger charge is -2.31. The third-order valence-electron chi connectivity index (χ3n) is 12.7. The molecule has 2 saturated heterocycles. The van der Waals surface area contributed by atoms with Crippen molar-refractivity contribution in [3.63, 3.8) is 0 Å². The zero-order chi connectivity index (χ0) is 55.8. The van der Waals surface area contributed by atoms with Crippen molar-refractivity contribution < 1.29 is 67.7 Å². The quantitative estimate of drug-likeness (QED) is 0.0509. The number of carbonyl (C=O) groups excluding carboxylic acids is 12. The van der Waals surface area contributed by atoms with Crippen molar-refractivity contribution in [2.75, 3.05) is 13.2 Å². The van der Waals surface area contributed by atoms with Gasteiger partial charge in [0.1, 0.15) is 48.0 Å². The van der Waals surface area contributed by atoms with Crippen LogP contribution in [0.5, 0.6) is 5.75 Å². The van der Waals surface area contributed by atoms with E-state index in [0.29, 0.717) is 24.3 Å². The van der Waals surface area contributed by atoms with E-state index in [2.05, 4.69) is 51.1 Å². The van der Waals surface area contributed by atoms with Gasteiger partial charge in [0, 0.05) is 31.8 Å². The van der Waals surface area contributed by atoms with Crippen LogP contribution in [-0.4, -0.2) is 147 Å². The zero-order valence-corrected chi connectivity index (χ0v) is 42.7. The molecule has 12 amide bonds. The van der Waals surface area contributed by atoms with Gasteiger partial charge in [0.05, 0.1) is 25.9 Å². The number of nitrogens with one attached hydrogen (secondary N) is 7. The average Bonchev–Trinajstić information content (AvgIpc) is 3.83. The van der Waals surface area contributed by atoms with Gasteiger partial charge in [-0.05, 0) is 49.3 Å². The summed E-state index contributed by atoms with van der Waals surface area (Å²) < 4.78 is 0. The highest BCUT2D eigenvalue weighted by atomic mass is 16.3. The van der Waals surface area contributed by atoms with Gasteiger partial charge in [-0.2, -0.15) is 0 Å². The van der Waals surface area contributed by atoms with Gasteiger partial charge in [0.15, 0.2) is 0 Å². The summed E-state index contributed by atoms with van der Waals surface area (Å²) in [7, 11) is 0. The molecule has 416 valence electrons. The number of carbonyl (C=O) groups is 12. The van der Waals surface area contributed by atoms with Crippen molar-refractivity contribution >= 4 is 70.9 Å². The van der Waals surface area contributed by atoms with Crippen molar-refractivity contribution in [3.8, 4) is 5.75 Å². The van der Waals surface area contributed by atoms with Crippen LogP contribution in [0.25, 0.3) is 0 Å². The fourth-order valence-corrected chi connectivity index (χ4v) is 8.74. The van der Waals surface area contributed by atoms with E-state index in [9.17, 15) is 67.7 Å². The highest BCUT2D eigenvalue weighted by Gasteiger charge is 2.40. The Morgan fingerprint density at radius 3 is 1.56 bits per heavy atom. The van der Waals surface area contributed by atoms with Crippen molar-refractivity contribution in [1.29, 1.82) is 0 Å². The van der Waals surface area contributed by atoms with Gasteiger partial charge in [-0.1, -0.05) is 77.3 Å². The Kier molecular flexibility index (Phi) is 25.9. The van der Waals surface area contributed by atoms with Crippen molar-refractivity contribution in [3.05, 3.63) is 29.8 Å². The summed E-state index contributed by atoms with van der Waals surface area (Å²) in [6.07, 6.45) is 3.99. The molecule has 2 aliphatic rings. The lowest BCUT2D eigenvalue weighted by Crippen LogP contribution is -2.61. The standard InChI is InChI=1S/C49H76N12O14/c1-27(2)11-8-6-4-3-5-7-9-12-29-22-42(68)55-33(23-39(51)65)44(70)57-32(21-28-14-16-30(63)17-15-28)43(69)58-35(25-41(53)67)46(72)60-36(26-62)47(73)59-34(24-40(52)66)45(71)56-31(18-19-38(50)64)49(75)61-20-10-13-37(61)48(74)54-29/h14-17,27,29,31-37,62-63H,3-13,18-26H2,1-2H3,(H2,50,64)(H2,51,65)(H2,52,66)(H2,53,67)(H,54,74)(H,55,68)(H,56,71)(H,57,70)(H,58,69)(H,59,73)(H,60,72). The van der Waals surface area contributed by atoms with Crippen molar-refractivity contribution in [2.45, 2.75) is 178 Å². The van der Waals surface area contributed by atoms with Gasteiger partial charge in [0.2, 0.25) is 70.9 Å². The van der Waals surface area contributed by atoms with Crippen LogP contribution >= 0.6 is 0 Å². The Labute approximate surface area is 435 Å². The number of nitrogens with zero attached hydrogens (tertiary/aromatic N) is 1. The van der Waals surface area contributed by atoms with E-state index in [1.54, 1.807) is 0 Å². The summed E-state index contributed by atoms with van der Waals surface area (Å²) in [6.45, 7) is 3.18. The number of hydrogen-bond donors (Lipinski definition) is 13. The van der Waals surface area contributed by atoms with Gasteiger partial charge in [0.25, 0.3) is 0 Å². The number of amides is 12. The van der Waals surface area contributed by atoms with E-state index < -0.39 is 164 Å². The maximum absolute atomic E-state index is 14.3. The number of rotatable bonds is 22. The lowest BCUT2D eigenvalue weighted by molar-refractivity contribution is -0.142. The van der Waals surface area contributed by atoms with E-state index >= 15 is 0 Å². The maximum atomic E-state index is 14.3. The summed E-state index contributed by atoms with van der Waals surface area (Å²) in [5.74, 6) is -12.1. The van der Waals surface area contributed by atoms with E-state index in [-0.39, 0.29) is 31.6 Å². The first-order valence-electron chi connectivity index (χ1n) is 25.4. The minimum atomic E-state index is -1.96. The Morgan fingerprint density at radius 1 is 0.573 bits per heavy atom. The van der Waals surface area contributed by atoms with Crippen LogP contribution in [0, 0.1) is 5.92 Å². The second kappa shape index (κ2) is 31.4. The van der Waals surface area contributed by atoms with Crippen LogP contribution in [0.2, 0.25) is 0 Å². The molecule has 0 aliphatic carbocycles. The smallest absolute Gasteiger partial charge is 0.245 e. The van der Waals surface area contributed by atoms with Crippen LogP contribution in [0.15, 0.2) is 24.3 Å². The number of phenols is 1. The molecular weight excluding hydrogens is 981 g/mol. The minimum absolute atomic E-state index is 0.00721. The molecule has 0 bridgehead atoms. The van der Waals surface area contributed by atoms with Gasteiger partial charge in [-0.25, -0.2) is 0 Å². The SMILES string of the molecule is CC(C)CCCCCCCCCC1CC(=O)NC(CC(N)=O)C(=O)NC(Cc2ccc(O)cc2)C(=O)NC(CC(N)=O)C(=O)NC(CO)C(=O)NC(CC(N)=O)C(=O)NC(CCC(N)=O)C(=O)N2CCCC2C(=O)N1. The third-order valence-corrected chi connectivity index (χ3v) is 12.7. The predicted molar refractivity (Wildman–Crippen MR) is 268 cm³/mol. The fraction of sp³-hybridized carbons (Fsp3) is 0.633. The molecule has 2 aliphatic heterocycles. The van der Waals surface area contributed by atoms with Gasteiger partial charge in [-0.3, -0.25) is 57.5 Å². The molecule has 26 heteroatoms. The zero-order valence-electron chi connectivity index (χ0n) is 42.7. The molecule has 0 spiro atoms. The van der Waals surface area contributed by atoms with Crippen molar-refractivity contribution in [1.82, 2.24) is 42.1 Å². The number of benzene rings is 1. The lowest BCUT2D eigenvalue weighted by atomic mass is 10.0. The van der Waals surface area contributed by atoms with Gasteiger partial charge >= 0.3 is 0 Å². The molecule has 8 atom stereocenters. The van der Waals surface area contributed by atoms with Crippen LogP contribution < -0.4 is 60.2 Å². The molecule has 1 aromatic carbocycles. The molecule has 0 radical (unpaired) electrons. The van der Waals surface area contributed by atoms with Gasteiger partial charge in [-0.15, -0.1) is 0 Å². The van der Waals surface area contributed by atoms with Crippen LogP contribution in [-0.2, 0) is 64.0 Å². The Morgan fingerprint density at radius 2 is 1.04 bits per heavy atom. The number of aliphatic hydroxyl groups is 1. The fourth-order valence-electron chi connectivity index (χ4n) is 8.74. The van der Waals surface area contributed by atoms with E-state index in [1.807, 2.05) is 0 Å². The largest absolute Gasteiger partial charge is 0.508 e. The van der Waals surface area contributed by atoms with Crippen LogP contribution in [0.4, 0.5) is 0 Å². The number of nitrogens with two attached hydrogens (primary N) is 4. The summed E-state index contributed by atoms with van der Waals surface area (Å²) >= 11 is 0. The number of fused-ring (bicyclic) bond motifs is 1. The summed E-state index contributed by atoms with van der Waals surface area (Å²) in [5, 5.41) is 36.9. The first kappa shape index (κ1) is 61.9. The van der Waals surface area contributed by atoms with Crippen LogP contribution in [0.1, 0.15) is 129 Å². The third kappa shape index (κ3) is 22.3. The predicted octanol–water partition coefficient (Wildman–Crippen LogP) is -3.23. The van der Waals surface area contributed by atoms with E-state index in [4.69, 9.17) is 22.9 Å². The highest BCUT2D eigenvalue weighted by Crippen LogP contribution is 2.22. The number of unbranched alkanes of at least 4 members (excludes halogenated alkanes) is 6. The Balaban J connectivity index is 2.12. The molecule has 0 aromatic heterocycles. The van der Waals surface area contributed by atoms with Crippen molar-refractivity contribution in [2.24, 2.45) is 28.9 Å². The summed E-state index contributed by atoms with van der Waals surface area (Å²) in [4.78, 5) is 162. The first-order valence-corrected chi connectivity index (χ1v) is 25.4. The molecule has 3 rings (SSSR count). The molecule has 0 saturated carbocycles. The highest BCUT2D eigenvalue weighted by molar-refractivity contribution is 6.00. The maximum Gasteiger partial charge on any atom is 0.245 e. The average molecular weight is 1060 g/mol. The Hall–Kier alpha value is -7.38. The molecule has 8 unspecified atom stereocenters. The molecule has 2 fully saturated rings. The number of phenolic OH excluding ortho intramolecular Hbond substituents is 1. The summed E-state index contributed by atoms with van der Waals surface area (Å²) in [5.41, 5.74) is 22.1. The molecule has 26 nitrogen and oxygen atoms in total. The number of primary amides is 4. The van der Waals surface area contributed by atoms with Crippen LogP contribution in [0.3, 0.4) is 0 Å². The molecular formula is C49H76N12O14. The second-order valence-corrected chi connectivity index (χ2v) is 19.5. The molecule has 2 heterocycles.